The standard InChI is InChI=1S/C14H26F2N2O/c1-3-13(4-2,9-17)10-18-12(19)11-5-7-14(15,16)8-6-11/h11H,3-10,17H2,1-2H3,(H,18,19). The Labute approximate surface area is 114 Å². The number of halogens is 2. The molecule has 0 saturated heterocycles. The number of nitrogens with two attached hydrogens (primary N) is 1. The van der Waals surface area contributed by atoms with Crippen LogP contribution in [-0.4, -0.2) is 24.9 Å². The summed E-state index contributed by atoms with van der Waals surface area (Å²) in [6, 6.07) is 0. The first-order valence-electron chi connectivity index (χ1n) is 7.23. The predicted molar refractivity (Wildman–Crippen MR) is 72.0 cm³/mol. The van der Waals surface area contributed by atoms with Crippen LogP contribution < -0.4 is 11.1 Å². The zero-order valence-electron chi connectivity index (χ0n) is 12.0. The van der Waals surface area contributed by atoms with Gasteiger partial charge in [0.1, 0.15) is 0 Å². The molecule has 0 radical (unpaired) electrons. The van der Waals surface area contributed by atoms with E-state index in [1.165, 1.54) is 0 Å². The number of rotatable bonds is 6. The fourth-order valence-corrected chi connectivity index (χ4v) is 2.58. The Balaban J connectivity index is 2.44. The molecule has 1 rings (SSSR count). The molecule has 19 heavy (non-hydrogen) atoms. The molecule has 1 aliphatic carbocycles. The lowest BCUT2D eigenvalue weighted by molar-refractivity contribution is -0.129. The van der Waals surface area contributed by atoms with Gasteiger partial charge in [0.15, 0.2) is 0 Å². The molecule has 0 aromatic heterocycles. The van der Waals surface area contributed by atoms with Crippen molar-refractivity contribution in [1.82, 2.24) is 5.32 Å². The van der Waals surface area contributed by atoms with E-state index < -0.39 is 5.92 Å². The summed E-state index contributed by atoms with van der Waals surface area (Å²) in [5.74, 6) is -2.93. The van der Waals surface area contributed by atoms with Gasteiger partial charge in [0.05, 0.1) is 0 Å². The molecule has 3 N–H and O–H groups in total. The minimum absolute atomic E-state index is 0.0612. The smallest absolute Gasteiger partial charge is 0.248 e. The molecule has 0 aliphatic heterocycles. The summed E-state index contributed by atoms with van der Waals surface area (Å²) in [6.45, 7) is 5.19. The molecule has 0 bridgehead atoms. The van der Waals surface area contributed by atoms with E-state index in [0.29, 0.717) is 13.1 Å². The number of hydrogen-bond donors (Lipinski definition) is 2. The molecule has 0 heterocycles. The van der Waals surface area contributed by atoms with Gasteiger partial charge >= 0.3 is 0 Å². The van der Waals surface area contributed by atoms with Gasteiger partial charge in [0.25, 0.3) is 0 Å². The van der Waals surface area contributed by atoms with Gasteiger partial charge < -0.3 is 11.1 Å². The molecule has 0 atom stereocenters. The van der Waals surface area contributed by atoms with Crippen molar-refractivity contribution in [1.29, 1.82) is 0 Å². The fraction of sp³-hybridized carbons (Fsp3) is 0.929. The van der Waals surface area contributed by atoms with Gasteiger partial charge in [0, 0.05) is 25.3 Å². The van der Waals surface area contributed by atoms with Gasteiger partial charge in [-0.2, -0.15) is 0 Å². The third-order valence-corrected chi connectivity index (χ3v) is 4.66. The van der Waals surface area contributed by atoms with E-state index in [4.69, 9.17) is 5.73 Å². The molecule has 1 saturated carbocycles. The van der Waals surface area contributed by atoms with E-state index in [1.54, 1.807) is 0 Å². The topological polar surface area (TPSA) is 55.1 Å². The van der Waals surface area contributed by atoms with Crippen molar-refractivity contribution >= 4 is 5.91 Å². The summed E-state index contributed by atoms with van der Waals surface area (Å²) in [5, 5.41) is 2.91. The molecule has 1 amide bonds. The van der Waals surface area contributed by atoms with E-state index in [0.717, 1.165) is 12.8 Å². The molecule has 0 aromatic carbocycles. The maximum absolute atomic E-state index is 13.0. The number of carbonyl (C=O) groups is 1. The minimum atomic E-state index is -2.58. The third kappa shape index (κ3) is 4.41. The largest absolute Gasteiger partial charge is 0.355 e. The molecule has 3 nitrogen and oxygen atoms in total. The van der Waals surface area contributed by atoms with Crippen molar-refractivity contribution in [2.75, 3.05) is 13.1 Å². The Morgan fingerprint density at radius 1 is 1.32 bits per heavy atom. The van der Waals surface area contributed by atoms with E-state index in [-0.39, 0.29) is 42.9 Å². The van der Waals surface area contributed by atoms with Gasteiger partial charge in [-0.25, -0.2) is 8.78 Å². The van der Waals surface area contributed by atoms with Gasteiger partial charge in [-0.3, -0.25) is 4.79 Å². The molecule has 1 aliphatic rings. The molecule has 1 fully saturated rings. The second-order valence-electron chi connectivity index (χ2n) is 5.76. The zero-order chi connectivity index (χ0) is 14.5. The third-order valence-electron chi connectivity index (χ3n) is 4.66. The summed E-state index contributed by atoms with van der Waals surface area (Å²) in [4.78, 5) is 12.0. The van der Waals surface area contributed by atoms with E-state index >= 15 is 0 Å². The Morgan fingerprint density at radius 3 is 2.26 bits per heavy atom. The Bertz CT molecular complexity index is 286. The van der Waals surface area contributed by atoms with Crippen molar-refractivity contribution < 1.29 is 13.6 Å². The summed E-state index contributed by atoms with van der Waals surface area (Å²) in [6.07, 6.45) is 2.04. The normalized spacial score (nSPS) is 20.3. The highest BCUT2D eigenvalue weighted by Crippen LogP contribution is 2.36. The Morgan fingerprint density at radius 2 is 1.84 bits per heavy atom. The fourth-order valence-electron chi connectivity index (χ4n) is 2.58. The molecule has 5 heteroatoms. The molecule has 0 aromatic rings. The highest BCUT2D eigenvalue weighted by atomic mass is 19.3. The van der Waals surface area contributed by atoms with Crippen LogP contribution in [0.1, 0.15) is 52.4 Å². The number of hydrogen-bond acceptors (Lipinski definition) is 2. The van der Waals surface area contributed by atoms with Gasteiger partial charge in [-0.1, -0.05) is 13.8 Å². The van der Waals surface area contributed by atoms with Gasteiger partial charge in [-0.05, 0) is 37.6 Å². The van der Waals surface area contributed by atoms with Crippen molar-refractivity contribution in [3.8, 4) is 0 Å². The Kier molecular flexibility index (Phi) is 5.71. The van der Waals surface area contributed by atoms with Crippen LogP contribution in [0.5, 0.6) is 0 Å². The van der Waals surface area contributed by atoms with E-state index in [9.17, 15) is 13.6 Å². The first-order chi connectivity index (χ1) is 8.88. The monoisotopic (exact) mass is 276 g/mol. The van der Waals surface area contributed by atoms with Crippen molar-refractivity contribution in [3.63, 3.8) is 0 Å². The predicted octanol–water partition coefficient (Wildman–Crippen LogP) is 2.69. The van der Waals surface area contributed by atoms with Crippen LogP contribution in [-0.2, 0) is 4.79 Å². The van der Waals surface area contributed by atoms with Crippen LogP contribution >= 0.6 is 0 Å². The maximum atomic E-state index is 13.0. The van der Waals surface area contributed by atoms with E-state index in [2.05, 4.69) is 19.2 Å². The molecular weight excluding hydrogens is 250 g/mol. The first-order valence-corrected chi connectivity index (χ1v) is 7.23. The number of alkyl halides is 2. The highest BCUT2D eigenvalue weighted by Gasteiger charge is 2.37. The average Bonchev–Trinajstić information content (AvgIpc) is 2.40. The average molecular weight is 276 g/mol. The van der Waals surface area contributed by atoms with Gasteiger partial charge in [-0.15, -0.1) is 0 Å². The van der Waals surface area contributed by atoms with E-state index in [1.807, 2.05) is 0 Å². The number of carbonyl (C=O) groups excluding carboxylic acids is 1. The van der Waals surface area contributed by atoms with Crippen molar-refractivity contribution in [2.24, 2.45) is 17.1 Å². The van der Waals surface area contributed by atoms with Gasteiger partial charge in [0.2, 0.25) is 11.8 Å². The Hall–Kier alpha value is -0.710. The lowest BCUT2D eigenvalue weighted by atomic mass is 9.81. The van der Waals surface area contributed by atoms with Crippen LogP contribution in [0.3, 0.4) is 0 Å². The highest BCUT2D eigenvalue weighted by molar-refractivity contribution is 5.78. The van der Waals surface area contributed by atoms with Crippen LogP contribution in [0.25, 0.3) is 0 Å². The van der Waals surface area contributed by atoms with Crippen molar-refractivity contribution in [3.05, 3.63) is 0 Å². The number of nitrogens with one attached hydrogen (secondary N) is 1. The lowest BCUT2D eigenvalue weighted by Gasteiger charge is -2.32. The van der Waals surface area contributed by atoms with Crippen LogP contribution in [0.2, 0.25) is 0 Å². The second kappa shape index (κ2) is 6.64. The number of amides is 1. The summed E-state index contributed by atoms with van der Waals surface area (Å²) >= 11 is 0. The van der Waals surface area contributed by atoms with Crippen LogP contribution in [0.4, 0.5) is 8.78 Å². The molecular formula is C14H26F2N2O. The quantitative estimate of drug-likeness (QED) is 0.783. The summed E-state index contributed by atoms with van der Waals surface area (Å²) < 4.78 is 26.1. The second-order valence-corrected chi connectivity index (χ2v) is 5.76. The van der Waals surface area contributed by atoms with Crippen LogP contribution in [0, 0.1) is 11.3 Å². The zero-order valence-corrected chi connectivity index (χ0v) is 12.0. The first kappa shape index (κ1) is 16.3. The molecule has 0 unspecified atom stereocenters. The maximum Gasteiger partial charge on any atom is 0.248 e. The van der Waals surface area contributed by atoms with Crippen molar-refractivity contribution in [2.45, 2.75) is 58.3 Å². The molecule has 112 valence electrons. The lowest BCUT2D eigenvalue weighted by Crippen LogP contribution is -2.44. The summed E-state index contributed by atoms with van der Waals surface area (Å²) in [5.41, 5.74) is 5.72. The van der Waals surface area contributed by atoms with Crippen LogP contribution in [0.15, 0.2) is 0 Å². The molecule has 0 spiro atoms. The minimum Gasteiger partial charge on any atom is -0.355 e. The SMILES string of the molecule is CCC(CC)(CN)CNC(=O)C1CCC(F)(F)CC1. The summed E-state index contributed by atoms with van der Waals surface area (Å²) in [7, 11) is 0.